The molecule has 1 aliphatic rings. The Morgan fingerprint density at radius 1 is 1.23 bits per heavy atom. The van der Waals surface area contributed by atoms with Crippen LogP contribution in [0.1, 0.15) is 26.3 Å². The number of anilines is 3. The molecule has 0 radical (unpaired) electrons. The molecule has 0 aliphatic carbocycles. The number of nitrogens with one attached hydrogen (secondary N) is 1. The van der Waals surface area contributed by atoms with Crippen LogP contribution in [0.4, 0.5) is 17.6 Å². The summed E-state index contributed by atoms with van der Waals surface area (Å²) in [5.41, 5.74) is 1.93. The third kappa shape index (κ3) is 3.20. The summed E-state index contributed by atoms with van der Waals surface area (Å²) in [4.78, 5) is 20.0. The highest BCUT2D eigenvalue weighted by Gasteiger charge is 2.24. The molecule has 8 nitrogen and oxygen atoms in total. The minimum Gasteiger partial charge on any atom is -0.380 e. The molecule has 1 N–H and O–H groups in total. The molecule has 0 amide bonds. The van der Waals surface area contributed by atoms with E-state index in [9.17, 15) is 0 Å². The van der Waals surface area contributed by atoms with Gasteiger partial charge in [0.05, 0.1) is 24.1 Å². The van der Waals surface area contributed by atoms with Gasteiger partial charge in [-0.05, 0) is 26.3 Å². The predicted molar refractivity (Wildman–Crippen MR) is 101 cm³/mol. The first-order valence-electron chi connectivity index (χ1n) is 8.84. The van der Waals surface area contributed by atoms with Crippen LogP contribution in [0.2, 0.25) is 0 Å². The van der Waals surface area contributed by atoms with Crippen LogP contribution in [0, 0.1) is 0 Å². The molecule has 3 aromatic rings. The Hall–Kier alpha value is -2.74. The summed E-state index contributed by atoms with van der Waals surface area (Å²) in [7, 11) is 1.75. The number of imidazole rings is 1. The van der Waals surface area contributed by atoms with Gasteiger partial charge in [-0.15, -0.1) is 0 Å². The van der Waals surface area contributed by atoms with E-state index < -0.39 is 0 Å². The van der Waals surface area contributed by atoms with Crippen LogP contribution in [0.15, 0.2) is 30.9 Å². The monoisotopic (exact) mass is 353 g/mol. The molecule has 1 saturated heterocycles. The van der Waals surface area contributed by atoms with Crippen molar-refractivity contribution in [3.63, 3.8) is 0 Å². The van der Waals surface area contributed by atoms with E-state index in [4.69, 9.17) is 4.74 Å². The van der Waals surface area contributed by atoms with Gasteiger partial charge in [0, 0.05) is 38.5 Å². The summed E-state index contributed by atoms with van der Waals surface area (Å²) < 4.78 is 7.55. The van der Waals surface area contributed by atoms with E-state index in [0.29, 0.717) is 12.0 Å². The van der Waals surface area contributed by atoms with Crippen molar-refractivity contribution in [2.75, 3.05) is 30.4 Å². The topological polar surface area (TPSA) is 81.0 Å². The summed E-state index contributed by atoms with van der Waals surface area (Å²) in [6, 6.07) is 4.18. The lowest BCUT2D eigenvalue weighted by Gasteiger charge is -2.16. The van der Waals surface area contributed by atoms with E-state index >= 15 is 0 Å². The lowest BCUT2D eigenvalue weighted by Crippen LogP contribution is -2.24. The van der Waals surface area contributed by atoms with Crippen molar-refractivity contribution in [1.82, 2.24) is 24.5 Å². The van der Waals surface area contributed by atoms with Crippen LogP contribution in [0.25, 0.3) is 11.0 Å². The average Bonchev–Trinajstić information content (AvgIpc) is 3.28. The van der Waals surface area contributed by atoms with Crippen molar-refractivity contribution in [1.29, 1.82) is 0 Å². The van der Waals surface area contributed by atoms with Gasteiger partial charge in [-0.3, -0.25) is 0 Å². The van der Waals surface area contributed by atoms with Gasteiger partial charge in [0.15, 0.2) is 0 Å². The molecule has 0 spiro atoms. The number of hydrogen-bond acceptors (Lipinski definition) is 7. The maximum Gasteiger partial charge on any atom is 0.227 e. The Labute approximate surface area is 152 Å². The van der Waals surface area contributed by atoms with E-state index in [0.717, 1.165) is 42.2 Å². The Morgan fingerprint density at radius 3 is 2.88 bits per heavy atom. The highest BCUT2D eigenvalue weighted by molar-refractivity contribution is 5.78. The minimum absolute atomic E-state index is 0.246. The van der Waals surface area contributed by atoms with E-state index in [1.165, 1.54) is 0 Å². The molecule has 3 aromatic heterocycles. The number of methoxy groups -OCH3 is 1. The maximum absolute atomic E-state index is 5.42. The predicted octanol–water partition coefficient (Wildman–Crippen LogP) is 2.77. The highest BCUT2D eigenvalue weighted by Crippen LogP contribution is 2.23. The van der Waals surface area contributed by atoms with Gasteiger partial charge in [-0.25, -0.2) is 15.0 Å². The van der Waals surface area contributed by atoms with E-state index in [1.807, 2.05) is 18.5 Å². The Kier molecular flexibility index (Phi) is 4.42. The minimum atomic E-state index is 0.246. The number of hydrogen-bond donors (Lipinski definition) is 1. The Balaban J connectivity index is 1.56. The van der Waals surface area contributed by atoms with Crippen LogP contribution in [0.3, 0.4) is 0 Å². The lowest BCUT2D eigenvalue weighted by atomic mass is 10.3. The second-order valence-electron chi connectivity index (χ2n) is 6.76. The zero-order valence-corrected chi connectivity index (χ0v) is 15.3. The fourth-order valence-corrected chi connectivity index (χ4v) is 3.21. The molecular weight excluding hydrogens is 330 g/mol. The molecule has 8 heteroatoms. The molecule has 136 valence electrons. The summed E-state index contributed by atoms with van der Waals surface area (Å²) >= 11 is 0. The van der Waals surface area contributed by atoms with Gasteiger partial charge >= 0.3 is 0 Å². The third-order valence-electron chi connectivity index (χ3n) is 4.68. The molecule has 4 heterocycles. The summed E-state index contributed by atoms with van der Waals surface area (Å²) in [5, 5.41) is 3.28. The van der Waals surface area contributed by atoms with Gasteiger partial charge in [-0.2, -0.15) is 4.98 Å². The molecule has 0 aromatic carbocycles. The van der Waals surface area contributed by atoms with Gasteiger partial charge in [-0.1, -0.05) is 0 Å². The zero-order chi connectivity index (χ0) is 18.1. The number of pyridine rings is 1. The number of nitrogens with zero attached hydrogens (tertiary/aromatic N) is 6. The largest absolute Gasteiger partial charge is 0.380 e. The van der Waals surface area contributed by atoms with Gasteiger partial charge in [0.1, 0.15) is 17.2 Å². The fraction of sp³-hybridized carbons (Fsp3) is 0.444. The Bertz CT molecular complexity index is 907. The van der Waals surface area contributed by atoms with Crippen molar-refractivity contribution < 1.29 is 4.74 Å². The molecular formula is C18H23N7O. The molecule has 1 unspecified atom stereocenters. The molecule has 1 fully saturated rings. The fourth-order valence-electron chi connectivity index (χ4n) is 3.21. The van der Waals surface area contributed by atoms with Crippen LogP contribution >= 0.6 is 0 Å². The standard InChI is InChI=1S/C18H23N7O/c1-12(2)25-11-21-14-9-20-17(8-15(14)25)22-16-4-6-19-18(23-16)24-7-5-13(10-24)26-3/h4,6,8-9,11-13H,5,7,10H2,1-3H3,(H,19,20,22,23). The molecule has 4 rings (SSSR count). The van der Waals surface area contributed by atoms with E-state index in [2.05, 4.69) is 48.6 Å². The summed E-state index contributed by atoms with van der Waals surface area (Å²) in [6.07, 6.45) is 6.64. The second kappa shape index (κ2) is 6.87. The molecule has 1 atom stereocenters. The number of rotatable bonds is 5. The number of ether oxygens (including phenoxy) is 1. The summed E-state index contributed by atoms with van der Waals surface area (Å²) in [5.74, 6) is 2.17. The average molecular weight is 353 g/mol. The van der Waals surface area contributed by atoms with Crippen molar-refractivity contribution in [3.05, 3.63) is 30.9 Å². The second-order valence-corrected chi connectivity index (χ2v) is 6.76. The van der Waals surface area contributed by atoms with Crippen LogP contribution in [-0.4, -0.2) is 50.8 Å². The molecule has 0 saturated carbocycles. The lowest BCUT2D eigenvalue weighted by molar-refractivity contribution is 0.121. The third-order valence-corrected chi connectivity index (χ3v) is 4.68. The number of fused-ring (bicyclic) bond motifs is 1. The highest BCUT2D eigenvalue weighted by atomic mass is 16.5. The van der Waals surface area contributed by atoms with Crippen LogP contribution in [-0.2, 0) is 4.74 Å². The van der Waals surface area contributed by atoms with Gasteiger partial charge in [0.25, 0.3) is 0 Å². The van der Waals surface area contributed by atoms with Gasteiger partial charge < -0.3 is 19.5 Å². The smallest absolute Gasteiger partial charge is 0.227 e. The molecule has 0 bridgehead atoms. The Morgan fingerprint density at radius 2 is 2.12 bits per heavy atom. The SMILES string of the molecule is COC1CCN(c2nccc(Nc3cc4c(cn3)ncn4C(C)C)n2)C1. The normalized spacial score (nSPS) is 17.4. The molecule has 1 aliphatic heterocycles. The maximum atomic E-state index is 5.42. The number of aromatic nitrogens is 5. The summed E-state index contributed by atoms with van der Waals surface area (Å²) in [6.45, 7) is 5.99. The van der Waals surface area contributed by atoms with Crippen molar-refractivity contribution >= 4 is 28.6 Å². The van der Waals surface area contributed by atoms with E-state index in [-0.39, 0.29) is 6.10 Å². The molecule has 26 heavy (non-hydrogen) atoms. The van der Waals surface area contributed by atoms with Crippen LogP contribution < -0.4 is 10.2 Å². The first-order valence-corrected chi connectivity index (χ1v) is 8.84. The van der Waals surface area contributed by atoms with E-state index in [1.54, 1.807) is 19.5 Å². The van der Waals surface area contributed by atoms with Gasteiger partial charge in [0.2, 0.25) is 5.95 Å². The van der Waals surface area contributed by atoms with Crippen molar-refractivity contribution in [3.8, 4) is 0 Å². The quantitative estimate of drug-likeness (QED) is 0.755. The van der Waals surface area contributed by atoms with Crippen LogP contribution in [0.5, 0.6) is 0 Å². The zero-order valence-electron chi connectivity index (χ0n) is 15.3. The van der Waals surface area contributed by atoms with Crippen molar-refractivity contribution in [2.45, 2.75) is 32.4 Å². The first-order chi connectivity index (χ1) is 12.6. The first kappa shape index (κ1) is 16.7. The van der Waals surface area contributed by atoms with Crippen molar-refractivity contribution in [2.24, 2.45) is 0 Å².